The molecular formula is C18H18FN5O2. The van der Waals surface area contributed by atoms with Crippen molar-refractivity contribution in [1.82, 2.24) is 25.1 Å². The Balaban J connectivity index is 1.75. The van der Waals surface area contributed by atoms with Crippen LogP contribution in [-0.2, 0) is 7.05 Å². The average molecular weight is 355 g/mol. The van der Waals surface area contributed by atoms with Gasteiger partial charge in [-0.05, 0) is 24.6 Å². The van der Waals surface area contributed by atoms with Gasteiger partial charge < -0.3 is 10.4 Å². The molecule has 7 nitrogen and oxygen atoms in total. The summed E-state index contributed by atoms with van der Waals surface area (Å²) in [7, 11) is 1.72. The molecule has 1 atom stereocenters. The van der Waals surface area contributed by atoms with E-state index in [1.807, 2.05) is 6.92 Å². The number of rotatable bonds is 5. The van der Waals surface area contributed by atoms with Gasteiger partial charge in [0, 0.05) is 30.9 Å². The quantitative estimate of drug-likeness (QED) is 0.728. The summed E-state index contributed by atoms with van der Waals surface area (Å²) < 4.78 is 14.5. The highest BCUT2D eigenvalue weighted by Crippen LogP contribution is 2.19. The lowest BCUT2D eigenvalue weighted by molar-refractivity contribution is 0.0911. The Hall–Kier alpha value is -3.13. The first-order valence-corrected chi connectivity index (χ1v) is 7.98. The van der Waals surface area contributed by atoms with E-state index < -0.39 is 11.9 Å². The molecule has 0 spiro atoms. The summed E-state index contributed by atoms with van der Waals surface area (Å²) in [5, 5.41) is 16.9. The molecule has 0 bridgehead atoms. The van der Waals surface area contributed by atoms with Crippen molar-refractivity contribution in [1.29, 1.82) is 0 Å². The van der Waals surface area contributed by atoms with Gasteiger partial charge in [-0.25, -0.2) is 14.4 Å². The number of carbonyl (C=O) groups excluding carboxylic acids is 1. The molecule has 0 fully saturated rings. The zero-order chi connectivity index (χ0) is 18.7. The monoisotopic (exact) mass is 355 g/mol. The maximum Gasteiger partial charge on any atom is 0.251 e. The maximum absolute atomic E-state index is 13.0. The minimum Gasteiger partial charge on any atom is -0.385 e. The molecule has 2 aromatic heterocycles. The molecule has 2 N–H and O–H groups in total. The number of carbonyl (C=O) groups is 1. The van der Waals surface area contributed by atoms with Gasteiger partial charge in [0.25, 0.3) is 5.91 Å². The summed E-state index contributed by atoms with van der Waals surface area (Å²) in [5.74, 6) is -0.522. The second kappa shape index (κ2) is 7.40. The van der Waals surface area contributed by atoms with Gasteiger partial charge >= 0.3 is 0 Å². The molecule has 1 amide bonds. The summed E-state index contributed by atoms with van der Waals surface area (Å²) in [6.07, 6.45) is 2.87. The van der Waals surface area contributed by atoms with Crippen LogP contribution in [0.5, 0.6) is 0 Å². The highest BCUT2D eigenvalue weighted by Gasteiger charge is 2.16. The van der Waals surface area contributed by atoms with E-state index in [4.69, 9.17) is 0 Å². The highest BCUT2D eigenvalue weighted by molar-refractivity contribution is 5.96. The molecule has 3 aromatic rings. The first-order valence-electron chi connectivity index (χ1n) is 7.98. The fraction of sp³-hybridized carbons (Fsp3) is 0.222. The fourth-order valence-electron chi connectivity index (χ4n) is 2.57. The van der Waals surface area contributed by atoms with Crippen LogP contribution in [0.15, 0.2) is 42.9 Å². The minimum atomic E-state index is -0.865. The SMILES string of the molecule is Cc1ccc(-c2ncc(F)cn2)cc1C(=O)NCC(O)c1ccnn1C. The van der Waals surface area contributed by atoms with Crippen molar-refractivity contribution >= 4 is 5.91 Å². The normalized spacial score (nSPS) is 12.0. The fourth-order valence-corrected chi connectivity index (χ4v) is 2.57. The first-order chi connectivity index (χ1) is 12.5. The molecule has 0 saturated carbocycles. The number of hydrogen-bond acceptors (Lipinski definition) is 5. The van der Waals surface area contributed by atoms with Crippen molar-refractivity contribution < 1.29 is 14.3 Å². The van der Waals surface area contributed by atoms with E-state index >= 15 is 0 Å². The van der Waals surface area contributed by atoms with Crippen molar-refractivity contribution in [2.24, 2.45) is 7.05 Å². The van der Waals surface area contributed by atoms with Gasteiger partial charge in [0.1, 0.15) is 6.10 Å². The van der Waals surface area contributed by atoms with Crippen LogP contribution in [-0.4, -0.2) is 37.3 Å². The van der Waals surface area contributed by atoms with Crippen LogP contribution in [0.1, 0.15) is 27.7 Å². The molecule has 2 heterocycles. The van der Waals surface area contributed by atoms with E-state index in [2.05, 4.69) is 20.4 Å². The average Bonchev–Trinajstić information content (AvgIpc) is 3.06. The lowest BCUT2D eigenvalue weighted by atomic mass is 10.0. The third kappa shape index (κ3) is 3.75. The summed E-state index contributed by atoms with van der Waals surface area (Å²) >= 11 is 0. The molecule has 3 rings (SSSR count). The number of aromatic nitrogens is 4. The largest absolute Gasteiger partial charge is 0.385 e. The Morgan fingerprint density at radius 1 is 1.31 bits per heavy atom. The Bertz CT molecular complexity index is 924. The standard InChI is InChI=1S/C18H18FN5O2/c1-11-3-4-12(17-20-8-13(19)9-21-17)7-14(11)18(26)22-10-16(25)15-5-6-23-24(15)2/h3-9,16,25H,10H2,1-2H3,(H,22,26). The number of nitrogens with one attached hydrogen (secondary N) is 1. The lowest BCUT2D eigenvalue weighted by Gasteiger charge is -2.13. The van der Waals surface area contributed by atoms with Crippen LogP contribution in [0.3, 0.4) is 0 Å². The zero-order valence-corrected chi connectivity index (χ0v) is 14.3. The molecule has 0 aliphatic carbocycles. The summed E-state index contributed by atoms with van der Waals surface area (Å²) in [6, 6.07) is 6.88. The van der Waals surface area contributed by atoms with Crippen LogP contribution < -0.4 is 5.32 Å². The second-order valence-corrected chi connectivity index (χ2v) is 5.86. The van der Waals surface area contributed by atoms with E-state index in [-0.39, 0.29) is 12.5 Å². The minimum absolute atomic E-state index is 0.0507. The molecule has 0 aliphatic rings. The molecule has 0 saturated heterocycles. The van der Waals surface area contributed by atoms with Crippen molar-refractivity contribution in [2.75, 3.05) is 6.54 Å². The zero-order valence-electron chi connectivity index (χ0n) is 14.3. The molecule has 134 valence electrons. The van der Waals surface area contributed by atoms with Crippen LogP contribution in [0, 0.1) is 12.7 Å². The molecule has 0 aliphatic heterocycles. The number of aliphatic hydroxyl groups is 1. The van der Waals surface area contributed by atoms with Gasteiger partial charge in [-0.2, -0.15) is 5.10 Å². The van der Waals surface area contributed by atoms with Crippen molar-refractivity contribution in [3.05, 3.63) is 65.5 Å². The Morgan fingerprint density at radius 3 is 2.69 bits per heavy atom. The third-order valence-corrected chi connectivity index (χ3v) is 4.02. The van der Waals surface area contributed by atoms with Crippen molar-refractivity contribution in [2.45, 2.75) is 13.0 Å². The third-order valence-electron chi connectivity index (χ3n) is 4.02. The Labute approximate surface area is 149 Å². The van der Waals surface area contributed by atoms with Gasteiger partial charge in [0.2, 0.25) is 0 Å². The number of aryl methyl sites for hydroxylation is 2. The van der Waals surface area contributed by atoms with Crippen molar-refractivity contribution in [3.8, 4) is 11.4 Å². The van der Waals surface area contributed by atoms with Crippen LogP contribution in [0.25, 0.3) is 11.4 Å². The predicted octanol–water partition coefficient (Wildman–Crippen LogP) is 1.79. The highest BCUT2D eigenvalue weighted by atomic mass is 19.1. The summed E-state index contributed by atoms with van der Waals surface area (Å²) in [5.41, 5.74) is 2.42. The summed E-state index contributed by atoms with van der Waals surface area (Å²) in [6.45, 7) is 1.86. The number of amides is 1. The van der Waals surface area contributed by atoms with Gasteiger partial charge in [-0.15, -0.1) is 0 Å². The van der Waals surface area contributed by atoms with E-state index in [1.54, 1.807) is 42.2 Å². The number of nitrogens with zero attached hydrogens (tertiary/aromatic N) is 4. The smallest absolute Gasteiger partial charge is 0.251 e. The number of benzene rings is 1. The van der Waals surface area contributed by atoms with Gasteiger partial charge in [0.15, 0.2) is 11.6 Å². The van der Waals surface area contributed by atoms with Crippen molar-refractivity contribution in [3.63, 3.8) is 0 Å². The Morgan fingerprint density at radius 2 is 2.04 bits per heavy atom. The number of halogens is 1. The number of hydrogen-bond donors (Lipinski definition) is 2. The Kier molecular flexibility index (Phi) is 5.04. The van der Waals surface area contributed by atoms with E-state index in [1.165, 1.54) is 0 Å². The van der Waals surface area contributed by atoms with E-state index in [0.717, 1.165) is 18.0 Å². The number of aliphatic hydroxyl groups excluding tert-OH is 1. The van der Waals surface area contributed by atoms with Crippen LogP contribution in [0.4, 0.5) is 4.39 Å². The molecule has 8 heteroatoms. The van der Waals surface area contributed by atoms with Crippen LogP contribution >= 0.6 is 0 Å². The molecule has 0 radical (unpaired) electrons. The molecule has 1 aromatic carbocycles. The molecule has 26 heavy (non-hydrogen) atoms. The van der Waals surface area contributed by atoms with Gasteiger partial charge in [0.05, 0.1) is 18.1 Å². The topological polar surface area (TPSA) is 92.9 Å². The first kappa shape index (κ1) is 17.7. The summed E-state index contributed by atoms with van der Waals surface area (Å²) in [4.78, 5) is 20.4. The van der Waals surface area contributed by atoms with E-state index in [0.29, 0.717) is 22.6 Å². The maximum atomic E-state index is 13.0. The van der Waals surface area contributed by atoms with Gasteiger partial charge in [-0.3, -0.25) is 9.48 Å². The molecular weight excluding hydrogens is 337 g/mol. The van der Waals surface area contributed by atoms with Gasteiger partial charge in [-0.1, -0.05) is 12.1 Å². The predicted molar refractivity (Wildman–Crippen MR) is 92.7 cm³/mol. The van der Waals surface area contributed by atoms with Crippen LogP contribution in [0.2, 0.25) is 0 Å². The lowest BCUT2D eigenvalue weighted by Crippen LogP contribution is -2.29. The molecule has 1 unspecified atom stereocenters. The van der Waals surface area contributed by atoms with E-state index in [9.17, 15) is 14.3 Å². The second-order valence-electron chi connectivity index (χ2n) is 5.86.